The van der Waals surface area contributed by atoms with E-state index < -0.39 is 0 Å². The Kier molecular flexibility index (Phi) is 4.06. The van der Waals surface area contributed by atoms with Crippen molar-refractivity contribution < 1.29 is 0 Å². The highest BCUT2D eigenvalue weighted by Gasteiger charge is 2.18. The fourth-order valence-electron chi connectivity index (χ4n) is 2.70. The first-order chi connectivity index (χ1) is 10.2. The number of hydrogen-bond acceptors (Lipinski definition) is 4. The molecule has 4 heteroatoms. The van der Waals surface area contributed by atoms with Gasteiger partial charge in [0, 0.05) is 32.7 Å². The second-order valence-electron chi connectivity index (χ2n) is 5.65. The molecule has 2 N–H and O–H groups in total. The third-order valence-electron chi connectivity index (χ3n) is 4.08. The number of aryl methyl sites for hydroxylation is 1. The molecule has 3 rings (SSSR count). The summed E-state index contributed by atoms with van der Waals surface area (Å²) in [6.45, 7) is 7.24. The molecule has 0 aliphatic carbocycles. The van der Waals surface area contributed by atoms with Crippen LogP contribution >= 0.6 is 0 Å². The van der Waals surface area contributed by atoms with Crippen LogP contribution in [0.3, 0.4) is 0 Å². The van der Waals surface area contributed by atoms with Crippen molar-refractivity contribution in [3.8, 4) is 0 Å². The highest BCUT2D eigenvalue weighted by molar-refractivity contribution is 5.52. The lowest BCUT2D eigenvalue weighted by molar-refractivity contribution is 0.249. The molecule has 0 spiro atoms. The maximum absolute atomic E-state index is 5.84. The number of aromatic nitrogens is 1. The molecule has 0 unspecified atom stereocenters. The SMILES string of the molecule is Cc1cc(N2CCN(Cc3ccccc3)CC2)ncc1N. The average molecular weight is 282 g/mol. The first kappa shape index (κ1) is 13.9. The molecule has 1 aliphatic heterocycles. The third-order valence-corrected chi connectivity index (χ3v) is 4.08. The highest BCUT2D eigenvalue weighted by Crippen LogP contribution is 2.19. The first-order valence-corrected chi connectivity index (χ1v) is 7.46. The van der Waals surface area contributed by atoms with Gasteiger partial charge in [0.05, 0.1) is 11.9 Å². The minimum absolute atomic E-state index is 0.765. The van der Waals surface area contributed by atoms with Gasteiger partial charge in [-0.15, -0.1) is 0 Å². The number of anilines is 2. The molecule has 110 valence electrons. The molecule has 1 aliphatic rings. The Balaban J connectivity index is 1.58. The van der Waals surface area contributed by atoms with Gasteiger partial charge >= 0.3 is 0 Å². The van der Waals surface area contributed by atoms with Crippen molar-refractivity contribution in [3.05, 3.63) is 53.7 Å². The number of pyridine rings is 1. The second-order valence-corrected chi connectivity index (χ2v) is 5.65. The summed E-state index contributed by atoms with van der Waals surface area (Å²) in [5, 5.41) is 0. The summed E-state index contributed by atoms with van der Waals surface area (Å²) in [4.78, 5) is 9.29. The van der Waals surface area contributed by atoms with Crippen molar-refractivity contribution in [2.75, 3.05) is 36.8 Å². The van der Waals surface area contributed by atoms with Crippen LogP contribution in [0.1, 0.15) is 11.1 Å². The van der Waals surface area contributed by atoms with Crippen LogP contribution in [0.4, 0.5) is 11.5 Å². The van der Waals surface area contributed by atoms with E-state index >= 15 is 0 Å². The zero-order chi connectivity index (χ0) is 14.7. The molecule has 1 aromatic heterocycles. The van der Waals surface area contributed by atoms with Crippen LogP contribution in [0, 0.1) is 6.92 Å². The van der Waals surface area contributed by atoms with Crippen LogP contribution in [-0.2, 0) is 6.54 Å². The lowest BCUT2D eigenvalue weighted by atomic mass is 10.2. The van der Waals surface area contributed by atoms with Gasteiger partial charge in [-0.2, -0.15) is 0 Å². The van der Waals surface area contributed by atoms with Crippen LogP contribution in [0.25, 0.3) is 0 Å². The minimum Gasteiger partial charge on any atom is -0.397 e. The number of nitrogen functional groups attached to an aromatic ring is 1. The fourth-order valence-corrected chi connectivity index (χ4v) is 2.70. The Hall–Kier alpha value is -2.07. The van der Waals surface area contributed by atoms with Gasteiger partial charge in [0.1, 0.15) is 5.82 Å². The van der Waals surface area contributed by atoms with E-state index in [0.717, 1.165) is 49.8 Å². The molecule has 0 bridgehead atoms. The van der Waals surface area contributed by atoms with E-state index in [-0.39, 0.29) is 0 Å². The first-order valence-electron chi connectivity index (χ1n) is 7.46. The zero-order valence-corrected chi connectivity index (χ0v) is 12.5. The van der Waals surface area contributed by atoms with Crippen LogP contribution in [0.15, 0.2) is 42.6 Å². The Morgan fingerprint density at radius 2 is 1.81 bits per heavy atom. The van der Waals surface area contributed by atoms with E-state index in [0.29, 0.717) is 0 Å². The van der Waals surface area contributed by atoms with Gasteiger partial charge in [-0.05, 0) is 24.1 Å². The van der Waals surface area contributed by atoms with E-state index in [2.05, 4.69) is 51.2 Å². The van der Waals surface area contributed by atoms with Crippen molar-refractivity contribution in [1.82, 2.24) is 9.88 Å². The van der Waals surface area contributed by atoms with E-state index in [1.807, 2.05) is 6.92 Å². The average Bonchev–Trinajstić information content (AvgIpc) is 2.52. The van der Waals surface area contributed by atoms with Crippen molar-refractivity contribution in [1.29, 1.82) is 0 Å². The molecular weight excluding hydrogens is 260 g/mol. The summed E-state index contributed by atoms with van der Waals surface area (Å²) in [6.07, 6.45) is 1.76. The second kappa shape index (κ2) is 6.14. The number of nitrogens with two attached hydrogens (primary N) is 1. The molecule has 1 saturated heterocycles. The normalized spacial score (nSPS) is 16.1. The smallest absolute Gasteiger partial charge is 0.128 e. The van der Waals surface area contributed by atoms with E-state index in [4.69, 9.17) is 5.73 Å². The molecule has 0 atom stereocenters. The van der Waals surface area contributed by atoms with Gasteiger partial charge in [0.15, 0.2) is 0 Å². The van der Waals surface area contributed by atoms with Gasteiger partial charge in [-0.3, -0.25) is 4.90 Å². The molecule has 0 amide bonds. The maximum Gasteiger partial charge on any atom is 0.128 e. The van der Waals surface area contributed by atoms with E-state index in [1.165, 1.54) is 5.56 Å². The van der Waals surface area contributed by atoms with Crippen molar-refractivity contribution >= 4 is 11.5 Å². The Labute approximate surface area is 126 Å². The van der Waals surface area contributed by atoms with Crippen LogP contribution < -0.4 is 10.6 Å². The summed E-state index contributed by atoms with van der Waals surface area (Å²) in [7, 11) is 0. The largest absolute Gasteiger partial charge is 0.397 e. The summed E-state index contributed by atoms with van der Waals surface area (Å²) in [5.74, 6) is 1.04. The highest BCUT2D eigenvalue weighted by atomic mass is 15.3. The number of nitrogens with zero attached hydrogens (tertiary/aromatic N) is 3. The molecule has 2 aromatic rings. The minimum atomic E-state index is 0.765. The number of piperazine rings is 1. The number of hydrogen-bond donors (Lipinski definition) is 1. The quantitative estimate of drug-likeness (QED) is 0.938. The summed E-state index contributed by atoms with van der Waals surface area (Å²) in [6, 6.07) is 12.7. The molecule has 21 heavy (non-hydrogen) atoms. The summed E-state index contributed by atoms with van der Waals surface area (Å²) >= 11 is 0. The van der Waals surface area contributed by atoms with Crippen LogP contribution in [0.5, 0.6) is 0 Å². The summed E-state index contributed by atoms with van der Waals surface area (Å²) < 4.78 is 0. The maximum atomic E-state index is 5.84. The Morgan fingerprint density at radius 1 is 1.10 bits per heavy atom. The molecule has 0 radical (unpaired) electrons. The van der Waals surface area contributed by atoms with Gasteiger partial charge in [-0.1, -0.05) is 30.3 Å². The van der Waals surface area contributed by atoms with E-state index in [1.54, 1.807) is 6.20 Å². The molecule has 2 heterocycles. The van der Waals surface area contributed by atoms with Crippen molar-refractivity contribution in [3.63, 3.8) is 0 Å². The topological polar surface area (TPSA) is 45.4 Å². The number of rotatable bonds is 3. The lowest BCUT2D eigenvalue weighted by Gasteiger charge is -2.35. The summed E-state index contributed by atoms with van der Waals surface area (Å²) in [5.41, 5.74) is 9.09. The molecular formula is C17H22N4. The molecule has 4 nitrogen and oxygen atoms in total. The fraction of sp³-hybridized carbons (Fsp3) is 0.353. The predicted octanol–water partition coefficient (Wildman–Crippen LogP) is 2.29. The molecule has 1 fully saturated rings. The molecule has 0 saturated carbocycles. The monoisotopic (exact) mass is 282 g/mol. The third kappa shape index (κ3) is 3.34. The van der Waals surface area contributed by atoms with Gasteiger partial charge in [0.25, 0.3) is 0 Å². The van der Waals surface area contributed by atoms with E-state index in [9.17, 15) is 0 Å². The Morgan fingerprint density at radius 3 is 2.48 bits per heavy atom. The number of benzene rings is 1. The lowest BCUT2D eigenvalue weighted by Crippen LogP contribution is -2.46. The van der Waals surface area contributed by atoms with Gasteiger partial charge in [-0.25, -0.2) is 4.98 Å². The predicted molar refractivity (Wildman–Crippen MR) is 87.3 cm³/mol. The Bertz CT molecular complexity index is 589. The van der Waals surface area contributed by atoms with Gasteiger partial charge < -0.3 is 10.6 Å². The van der Waals surface area contributed by atoms with Gasteiger partial charge in [0.2, 0.25) is 0 Å². The van der Waals surface area contributed by atoms with Crippen LogP contribution in [0.2, 0.25) is 0 Å². The van der Waals surface area contributed by atoms with Crippen molar-refractivity contribution in [2.24, 2.45) is 0 Å². The van der Waals surface area contributed by atoms with Crippen LogP contribution in [-0.4, -0.2) is 36.1 Å². The standard InChI is InChI=1S/C17H22N4/c1-14-11-17(19-12-16(14)18)21-9-7-20(8-10-21)13-15-5-3-2-4-6-15/h2-6,11-12H,7-10,13,18H2,1H3. The van der Waals surface area contributed by atoms with Crippen molar-refractivity contribution in [2.45, 2.75) is 13.5 Å². The molecule has 1 aromatic carbocycles. The zero-order valence-electron chi connectivity index (χ0n) is 12.5.